The quantitative estimate of drug-likeness (QED) is 0.267. The van der Waals surface area contributed by atoms with Crippen molar-refractivity contribution >= 4 is 29.9 Å². The largest absolute Gasteiger partial charge is 0.496 e. The fraction of sp³-hybridized carbons (Fsp3) is 0.304. The number of guanidine groups is 1. The Morgan fingerprint density at radius 1 is 1.13 bits per heavy atom. The SMILES string of the molecule is CCNC(=NCc1ccccc1-n1ccnc1)NCCc1cc(C)ccc1OC.I. The molecule has 2 aromatic carbocycles. The lowest BCUT2D eigenvalue weighted by molar-refractivity contribution is 0.409. The van der Waals surface area contributed by atoms with Crippen molar-refractivity contribution in [2.75, 3.05) is 20.2 Å². The molecule has 0 amide bonds. The molecular formula is C23H30IN5O. The summed E-state index contributed by atoms with van der Waals surface area (Å²) in [6.45, 7) is 6.33. The van der Waals surface area contributed by atoms with Crippen LogP contribution in [0.1, 0.15) is 23.6 Å². The van der Waals surface area contributed by atoms with Gasteiger partial charge in [-0.2, -0.15) is 0 Å². The predicted octanol–water partition coefficient (Wildman–Crippen LogP) is 4.11. The second kappa shape index (κ2) is 12.2. The Kier molecular flexibility index (Phi) is 9.66. The van der Waals surface area contributed by atoms with Crippen molar-refractivity contribution in [3.05, 3.63) is 77.9 Å². The summed E-state index contributed by atoms with van der Waals surface area (Å²) in [5.74, 6) is 1.73. The molecule has 0 atom stereocenters. The van der Waals surface area contributed by atoms with Gasteiger partial charge in [0.2, 0.25) is 0 Å². The van der Waals surface area contributed by atoms with Gasteiger partial charge in [0.05, 0.1) is 25.7 Å². The van der Waals surface area contributed by atoms with Crippen LogP contribution in [-0.2, 0) is 13.0 Å². The summed E-state index contributed by atoms with van der Waals surface area (Å²) in [6, 6.07) is 14.5. The maximum atomic E-state index is 5.48. The van der Waals surface area contributed by atoms with Crippen LogP contribution in [0.4, 0.5) is 0 Å². The van der Waals surface area contributed by atoms with Gasteiger partial charge in [-0.3, -0.25) is 0 Å². The van der Waals surface area contributed by atoms with Crippen molar-refractivity contribution in [2.24, 2.45) is 4.99 Å². The summed E-state index contributed by atoms with van der Waals surface area (Å²) in [5.41, 5.74) is 4.66. The van der Waals surface area contributed by atoms with E-state index in [0.29, 0.717) is 6.54 Å². The van der Waals surface area contributed by atoms with E-state index in [4.69, 9.17) is 9.73 Å². The van der Waals surface area contributed by atoms with Crippen molar-refractivity contribution in [3.8, 4) is 11.4 Å². The van der Waals surface area contributed by atoms with Crippen LogP contribution >= 0.6 is 24.0 Å². The van der Waals surface area contributed by atoms with Crippen molar-refractivity contribution in [1.29, 1.82) is 0 Å². The third kappa shape index (κ3) is 6.48. The summed E-state index contributed by atoms with van der Waals surface area (Å²) in [4.78, 5) is 8.92. The molecule has 3 rings (SSSR count). The number of hydrogen-bond donors (Lipinski definition) is 2. The van der Waals surface area contributed by atoms with Crippen molar-refractivity contribution in [3.63, 3.8) is 0 Å². The third-order valence-corrected chi connectivity index (χ3v) is 4.65. The smallest absolute Gasteiger partial charge is 0.191 e. The number of halogens is 1. The number of nitrogens with zero attached hydrogens (tertiary/aromatic N) is 3. The molecule has 0 aliphatic carbocycles. The zero-order chi connectivity index (χ0) is 20.5. The number of nitrogens with one attached hydrogen (secondary N) is 2. The molecule has 7 heteroatoms. The molecule has 160 valence electrons. The first-order valence-corrected chi connectivity index (χ1v) is 9.93. The van der Waals surface area contributed by atoms with E-state index in [1.807, 2.05) is 29.0 Å². The fourth-order valence-corrected chi connectivity index (χ4v) is 3.22. The molecule has 30 heavy (non-hydrogen) atoms. The second-order valence-electron chi connectivity index (χ2n) is 6.79. The van der Waals surface area contributed by atoms with Gasteiger partial charge in [-0.25, -0.2) is 9.98 Å². The number of aliphatic imine (C=N–C) groups is 1. The van der Waals surface area contributed by atoms with Crippen LogP contribution in [0.3, 0.4) is 0 Å². The van der Waals surface area contributed by atoms with Crippen molar-refractivity contribution in [2.45, 2.75) is 26.8 Å². The molecule has 0 unspecified atom stereocenters. The maximum absolute atomic E-state index is 5.48. The first-order chi connectivity index (χ1) is 14.2. The van der Waals surface area contributed by atoms with Crippen molar-refractivity contribution < 1.29 is 4.74 Å². The van der Waals surface area contributed by atoms with Crippen LogP contribution in [0, 0.1) is 6.92 Å². The summed E-state index contributed by atoms with van der Waals surface area (Å²) < 4.78 is 7.49. The Balaban J connectivity index is 0.00000320. The number of imidazole rings is 1. The lowest BCUT2D eigenvalue weighted by Crippen LogP contribution is -2.38. The first-order valence-electron chi connectivity index (χ1n) is 9.93. The van der Waals surface area contributed by atoms with Crippen LogP contribution in [0.25, 0.3) is 5.69 Å². The number of rotatable bonds is 8. The summed E-state index contributed by atoms with van der Waals surface area (Å²) in [6.07, 6.45) is 6.40. The lowest BCUT2D eigenvalue weighted by Gasteiger charge is -2.14. The van der Waals surface area contributed by atoms with Gasteiger partial charge in [0.1, 0.15) is 5.75 Å². The molecule has 3 aromatic rings. The Morgan fingerprint density at radius 3 is 2.70 bits per heavy atom. The molecule has 6 nitrogen and oxygen atoms in total. The van der Waals surface area contributed by atoms with Gasteiger partial charge in [-0.15, -0.1) is 24.0 Å². The Hall–Kier alpha value is -2.55. The van der Waals surface area contributed by atoms with E-state index in [2.05, 4.69) is 53.7 Å². The molecular weight excluding hydrogens is 489 g/mol. The number of hydrogen-bond acceptors (Lipinski definition) is 3. The standard InChI is InChI=1S/C23H29N5O.HI/c1-4-25-23(26-12-11-19-15-18(2)9-10-22(19)29-3)27-16-20-7-5-6-8-21(20)28-14-13-24-17-28;/h5-10,13-15,17H,4,11-12,16H2,1-3H3,(H2,25,26,27);1H. The van der Waals surface area contributed by atoms with Gasteiger partial charge in [0, 0.05) is 25.5 Å². The Bertz CT molecular complexity index is 941. The normalized spacial score (nSPS) is 11.0. The molecule has 0 aliphatic heterocycles. The Morgan fingerprint density at radius 2 is 1.97 bits per heavy atom. The molecule has 1 heterocycles. The molecule has 0 saturated heterocycles. The highest BCUT2D eigenvalue weighted by molar-refractivity contribution is 14.0. The molecule has 0 aliphatic rings. The first kappa shape index (κ1) is 23.7. The molecule has 0 spiro atoms. The van der Waals surface area contributed by atoms with E-state index in [9.17, 15) is 0 Å². The number of benzene rings is 2. The predicted molar refractivity (Wildman–Crippen MR) is 133 cm³/mol. The van der Waals surface area contributed by atoms with Crippen LogP contribution in [0.5, 0.6) is 5.75 Å². The van der Waals surface area contributed by atoms with Gasteiger partial charge < -0.3 is 19.9 Å². The minimum Gasteiger partial charge on any atom is -0.496 e. The zero-order valence-corrected chi connectivity index (χ0v) is 20.1. The van der Waals surface area contributed by atoms with E-state index >= 15 is 0 Å². The average molecular weight is 519 g/mol. The maximum Gasteiger partial charge on any atom is 0.191 e. The van der Waals surface area contributed by atoms with Crippen molar-refractivity contribution in [1.82, 2.24) is 20.2 Å². The number of para-hydroxylation sites is 1. The van der Waals surface area contributed by atoms with Gasteiger partial charge >= 0.3 is 0 Å². The van der Waals surface area contributed by atoms with Gasteiger partial charge in [0.15, 0.2) is 5.96 Å². The van der Waals surface area contributed by atoms with Crippen LogP contribution in [0.2, 0.25) is 0 Å². The highest BCUT2D eigenvalue weighted by Gasteiger charge is 2.06. The van der Waals surface area contributed by atoms with Crippen LogP contribution in [0.15, 0.2) is 66.2 Å². The highest BCUT2D eigenvalue weighted by Crippen LogP contribution is 2.19. The van der Waals surface area contributed by atoms with E-state index in [-0.39, 0.29) is 24.0 Å². The molecule has 1 aromatic heterocycles. The molecule has 2 N–H and O–H groups in total. The zero-order valence-electron chi connectivity index (χ0n) is 17.8. The van der Waals surface area contributed by atoms with Gasteiger partial charge in [-0.1, -0.05) is 35.9 Å². The second-order valence-corrected chi connectivity index (χ2v) is 6.79. The van der Waals surface area contributed by atoms with Crippen LogP contribution in [-0.4, -0.2) is 35.7 Å². The average Bonchev–Trinajstić information content (AvgIpc) is 3.27. The minimum atomic E-state index is 0. The molecule has 0 fully saturated rings. The fourth-order valence-electron chi connectivity index (χ4n) is 3.22. The number of methoxy groups -OCH3 is 1. The molecule has 0 radical (unpaired) electrons. The number of aryl methyl sites for hydroxylation is 1. The highest BCUT2D eigenvalue weighted by atomic mass is 127. The van der Waals surface area contributed by atoms with E-state index in [0.717, 1.165) is 42.5 Å². The topological polar surface area (TPSA) is 63.5 Å². The lowest BCUT2D eigenvalue weighted by atomic mass is 10.1. The number of ether oxygens (including phenoxy) is 1. The molecule has 0 saturated carbocycles. The Labute approximate surface area is 195 Å². The van der Waals surface area contributed by atoms with Crippen LogP contribution < -0.4 is 15.4 Å². The van der Waals surface area contributed by atoms with E-state index in [1.54, 1.807) is 19.6 Å². The van der Waals surface area contributed by atoms with Gasteiger partial charge in [-0.05, 0) is 43.5 Å². The summed E-state index contributed by atoms with van der Waals surface area (Å²) in [7, 11) is 1.71. The molecule has 0 bridgehead atoms. The summed E-state index contributed by atoms with van der Waals surface area (Å²) >= 11 is 0. The number of aromatic nitrogens is 2. The third-order valence-electron chi connectivity index (χ3n) is 4.65. The van der Waals surface area contributed by atoms with Gasteiger partial charge in [0.25, 0.3) is 0 Å². The minimum absolute atomic E-state index is 0. The van der Waals surface area contributed by atoms with E-state index in [1.165, 1.54) is 11.1 Å². The summed E-state index contributed by atoms with van der Waals surface area (Å²) in [5, 5.41) is 6.75. The monoisotopic (exact) mass is 519 g/mol. The van der Waals surface area contributed by atoms with E-state index < -0.39 is 0 Å².